The van der Waals surface area contributed by atoms with Gasteiger partial charge in [-0.05, 0) is 0 Å². The fourth-order valence-corrected chi connectivity index (χ4v) is 4.08. The Labute approximate surface area is 76.2 Å². The van der Waals surface area contributed by atoms with Gasteiger partial charge in [0.15, 0.2) is 0 Å². The molecule has 0 aromatic heterocycles. The zero-order chi connectivity index (χ0) is 8.74. The molecule has 0 saturated carbocycles. The van der Waals surface area contributed by atoms with Crippen LogP contribution in [0.2, 0.25) is 0 Å². The molecule has 0 aromatic rings. The summed E-state index contributed by atoms with van der Waals surface area (Å²) >= 11 is 4.35. The molecule has 0 amide bonds. The van der Waals surface area contributed by atoms with Crippen molar-refractivity contribution in [2.24, 2.45) is 0 Å². The van der Waals surface area contributed by atoms with E-state index >= 15 is 0 Å². The fourth-order valence-electron chi connectivity index (χ4n) is 1.04. The minimum atomic E-state index is -2.05. The molecule has 0 fully saturated rings. The molecule has 0 aliphatic rings. The van der Waals surface area contributed by atoms with Gasteiger partial charge in [0.25, 0.3) is 0 Å². The van der Waals surface area contributed by atoms with E-state index in [1.807, 2.05) is 0 Å². The first-order chi connectivity index (χ1) is 5.12. The van der Waals surface area contributed by atoms with E-state index < -0.39 is 6.69 Å². The third-order valence-corrected chi connectivity index (χ3v) is 5.51. The zero-order valence-corrected chi connectivity index (χ0v) is 9.53. The number of hydrogen-bond donors (Lipinski definition) is 2. The van der Waals surface area contributed by atoms with Gasteiger partial charge < -0.3 is 0 Å². The van der Waals surface area contributed by atoms with Crippen molar-refractivity contribution in [1.82, 2.24) is 0 Å². The summed E-state index contributed by atoms with van der Waals surface area (Å²) in [6.07, 6.45) is 6.54. The van der Waals surface area contributed by atoms with Crippen molar-refractivity contribution in [2.45, 2.75) is 39.5 Å². The molecule has 0 aliphatic carbocycles. The van der Waals surface area contributed by atoms with Crippen molar-refractivity contribution in [1.29, 1.82) is 0 Å². The molecular formula is C8H21OPS. The Kier molecular flexibility index (Phi) is 6.70. The van der Waals surface area contributed by atoms with E-state index in [-0.39, 0.29) is 0 Å². The van der Waals surface area contributed by atoms with E-state index in [2.05, 4.69) is 26.1 Å². The second-order valence-corrected chi connectivity index (χ2v) is 8.65. The zero-order valence-electron chi connectivity index (χ0n) is 7.64. The van der Waals surface area contributed by atoms with Gasteiger partial charge in [0.2, 0.25) is 0 Å². The van der Waals surface area contributed by atoms with Gasteiger partial charge in [0, 0.05) is 0 Å². The first-order valence-corrected chi connectivity index (χ1v) is 8.22. The van der Waals surface area contributed by atoms with Crippen LogP contribution in [-0.4, -0.2) is 17.2 Å². The molecule has 0 aromatic carbocycles. The van der Waals surface area contributed by atoms with Crippen LogP contribution in [-0.2, 0) is 0 Å². The monoisotopic (exact) mass is 196 g/mol. The van der Waals surface area contributed by atoms with Crippen LogP contribution in [0.3, 0.4) is 0 Å². The molecule has 0 spiro atoms. The van der Waals surface area contributed by atoms with Crippen LogP contribution < -0.4 is 0 Å². The average Bonchev–Trinajstić information content (AvgIpc) is 1.97. The van der Waals surface area contributed by atoms with Gasteiger partial charge in [-0.2, -0.15) is 0 Å². The summed E-state index contributed by atoms with van der Waals surface area (Å²) in [5.41, 5.74) is 0. The van der Waals surface area contributed by atoms with Crippen molar-refractivity contribution in [3.63, 3.8) is 0 Å². The molecule has 3 heteroatoms. The summed E-state index contributed by atoms with van der Waals surface area (Å²) in [5.74, 6) is 0. The van der Waals surface area contributed by atoms with Crippen LogP contribution >= 0.6 is 18.9 Å². The standard InChI is InChI=1S/C8H21OPS/c1-3-5-7-10(9,11)8-6-4-2/h9-11H,3-8H2,1-2H3. The van der Waals surface area contributed by atoms with Gasteiger partial charge in [-0.25, -0.2) is 0 Å². The first-order valence-electron chi connectivity index (χ1n) is 4.57. The van der Waals surface area contributed by atoms with Crippen LogP contribution in [0.15, 0.2) is 0 Å². The van der Waals surface area contributed by atoms with E-state index in [4.69, 9.17) is 0 Å². The molecule has 0 atom stereocenters. The van der Waals surface area contributed by atoms with Crippen molar-refractivity contribution in [2.75, 3.05) is 12.3 Å². The van der Waals surface area contributed by atoms with Crippen molar-refractivity contribution in [3.8, 4) is 0 Å². The van der Waals surface area contributed by atoms with Gasteiger partial charge in [0.05, 0.1) is 0 Å². The van der Waals surface area contributed by atoms with Gasteiger partial charge in [-0.15, -0.1) is 0 Å². The predicted octanol–water partition coefficient (Wildman–Crippen LogP) is 3.09. The van der Waals surface area contributed by atoms with E-state index in [1.165, 1.54) is 12.8 Å². The van der Waals surface area contributed by atoms with E-state index in [9.17, 15) is 4.89 Å². The number of hydrogen-bond acceptors (Lipinski definition) is 2. The molecule has 0 rings (SSSR count). The van der Waals surface area contributed by atoms with Crippen LogP contribution in [0.5, 0.6) is 0 Å². The Morgan fingerprint density at radius 2 is 1.45 bits per heavy atom. The minimum absolute atomic E-state index is 0.965. The Bertz CT molecular complexity index is 86.1. The quantitative estimate of drug-likeness (QED) is 0.494. The molecule has 0 radical (unpaired) electrons. The molecule has 1 nitrogen and oxygen atoms in total. The summed E-state index contributed by atoms with van der Waals surface area (Å²) in [5, 5.41) is 0. The van der Waals surface area contributed by atoms with Gasteiger partial charge in [-0.1, -0.05) is 0 Å². The average molecular weight is 196 g/mol. The molecule has 0 saturated heterocycles. The molecule has 0 aliphatic heterocycles. The normalized spacial score (nSPS) is 13.5. The summed E-state index contributed by atoms with van der Waals surface area (Å²) in [6.45, 7) is 2.25. The summed E-state index contributed by atoms with van der Waals surface area (Å²) < 4.78 is 0. The van der Waals surface area contributed by atoms with Crippen LogP contribution in [0.1, 0.15) is 39.5 Å². The number of rotatable bonds is 6. The second-order valence-electron chi connectivity index (χ2n) is 3.19. The van der Waals surface area contributed by atoms with Crippen molar-refractivity contribution in [3.05, 3.63) is 0 Å². The summed E-state index contributed by atoms with van der Waals surface area (Å²) in [6, 6.07) is 0. The van der Waals surface area contributed by atoms with Crippen LogP contribution in [0.25, 0.3) is 0 Å². The Balaban J connectivity index is 3.43. The van der Waals surface area contributed by atoms with Gasteiger partial charge in [-0.3, -0.25) is 0 Å². The van der Waals surface area contributed by atoms with Gasteiger partial charge >= 0.3 is 75.7 Å². The maximum absolute atomic E-state index is 9.78. The first kappa shape index (κ1) is 11.7. The van der Waals surface area contributed by atoms with Crippen LogP contribution in [0, 0.1) is 0 Å². The maximum atomic E-state index is 9.78. The van der Waals surface area contributed by atoms with Crippen LogP contribution in [0.4, 0.5) is 0 Å². The molecule has 0 unspecified atom stereocenters. The van der Waals surface area contributed by atoms with E-state index in [1.54, 1.807) is 0 Å². The second kappa shape index (κ2) is 6.28. The van der Waals surface area contributed by atoms with E-state index in [0.717, 1.165) is 25.2 Å². The van der Waals surface area contributed by atoms with E-state index in [0.29, 0.717) is 0 Å². The molecule has 0 heterocycles. The van der Waals surface area contributed by atoms with Crippen molar-refractivity contribution >= 4 is 18.9 Å². The summed E-state index contributed by atoms with van der Waals surface area (Å²) in [7, 11) is 0. The van der Waals surface area contributed by atoms with Gasteiger partial charge in [0.1, 0.15) is 0 Å². The molecule has 11 heavy (non-hydrogen) atoms. The van der Waals surface area contributed by atoms with Crippen molar-refractivity contribution < 1.29 is 4.89 Å². The number of unbranched alkanes of at least 4 members (excludes halogenated alkanes) is 2. The third kappa shape index (κ3) is 7.11. The Morgan fingerprint density at radius 1 is 1.09 bits per heavy atom. The molecule has 70 valence electrons. The predicted molar refractivity (Wildman–Crippen MR) is 59.1 cm³/mol. The SMILES string of the molecule is CCCC[PH](O)(S)CCCC. The number of thiol groups is 1. The Morgan fingerprint density at radius 3 is 1.73 bits per heavy atom. The topological polar surface area (TPSA) is 20.2 Å². The molecular weight excluding hydrogens is 175 g/mol. The third-order valence-electron chi connectivity index (χ3n) is 1.86. The molecule has 0 bridgehead atoms. The fraction of sp³-hybridized carbons (Fsp3) is 1.00. The molecule has 1 N–H and O–H groups in total. The Hall–Kier alpha value is 0.740. The summed E-state index contributed by atoms with van der Waals surface area (Å²) in [4.78, 5) is 9.78.